The minimum absolute atomic E-state index is 0.00223. The molecule has 0 spiro atoms. The lowest BCUT2D eigenvalue weighted by molar-refractivity contribution is -0.351. The first-order chi connectivity index (χ1) is 19.4. The van der Waals surface area contributed by atoms with Gasteiger partial charge >= 0.3 is 0 Å². The first-order valence-corrected chi connectivity index (χ1v) is 13.3. The van der Waals surface area contributed by atoms with Crippen LogP contribution in [0.4, 0.5) is 0 Å². The van der Waals surface area contributed by atoms with E-state index in [1.54, 1.807) is 0 Å². The van der Waals surface area contributed by atoms with Crippen LogP contribution in [0.25, 0.3) is 0 Å². The smallest absolute Gasteiger partial charge is 0.187 e. The largest absolute Gasteiger partial charge is 0.394 e. The van der Waals surface area contributed by atoms with Crippen molar-refractivity contribution in [2.45, 2.75) is 117 Å². The summed E-state index contributed by atoms with van der Waals surface area (Å²) in [6.07, 6.45) is -24.9. The van der Waals surface area contributed by atoms with E-state index in [0.717, 1.165) is 0 Å². The van der Waals surface area contributed by atoms with Crippen molar-refractivity contribution in [1.82, 2.24) is 0 Å². The molecule has 4 aliphatic rings. The molecule has 17 atom stereocenters. The fourth-order valence-corrected chi connectivity index (χ4v) is 5.01. The molecular weight excluding hydrogens is 564 g/mol. The second-order valence-electron chi connectivity index (χ2n) is 10.6. The third-order valence-corrected chi connectivity index (χ3v) is 7.49. The lowest BCUT2D eigenvalue weighted by Crippen LogP contribution is -2.63. The molecule has 18 nitrogen and oxygen atoms in total. The maximum absolute atomic E-state index is 10.4. The van der Waals surface area contributed by atoms with Crippen LogP contribution in [0.5, 0.6) is 0 Å². The van der Waals surface area contributed by atoms with Gasteiger partial charge in [-0.25, -0.2) is 0 Å². The number of rotatable bonds is 9. The Morgan fingerprint density at radius 3 is 1.71 bits per heavy atom. The molecule has 0 bridgehead atoms. The third-order valence-electron chi connectivity index (χ3n) is 7.49. The molecule has 0 radical (unpaired) electrons. The normalized spacial score (nSPS) is 51.4. The number of hydrogen-bond donors (Lipinski definition) is 11. The molecule has 0 amide bonds. The molecule has 4 fully saturated rings. The summed E-state index contributed by atoms with van der Waals surface area (Å²) in [5.41, 5.74) is 0. The maximum atomic E-state index is 10.4. The van der Waals surface area contributed by atoms with Crippen molar-refractivity contribution in [1.29, 1.82) is 0 Å². The molecular formula is C23H40O18. The molecule has 41 heavy (non-hydrogen) atoms. The van der Waals surface area contributed by atoms with Crippen molar-refractivity contribution in [3.8, 4) is 0 Å². The van der Waals surface area contributed by atoms with Crippen LogP contribution in [0.15, 0.2) is 0 Å². The minimum atomic E-state index is -1.80. The highest BCUT2D eigenvalue weighted by Gasteiger charge is 2.49. The zero-order chi connectivity index (χ0) is 30.0. The van der Waals surface area contributed by atoms with Crippen LogP contribution in [0.3, 0.4) is 0 Å². The molecule has 0 aromatic heterocycles. The highest BCUT2D eigenvalue weighted by molar-refractivity contribution is 4.93. The average molecular weight is 605 g/mol. The van der Waals surface area contributed by atoms with E-state index in [0.29, 0.717) is 0 Å². The van der Waals surface area contributed by atoms with E-state index < -0.39 is 124 Å². The van der Waals surface area contributed by atoms with E-state index in [2.05, 4.69) is 0 Å². The van der Waals surface area contributed by atoms with Gasteiger partial charge in [0.15, 0.2) is 25.2 Å². The summed E-state index contributed by atoms with van der Waals surface area (Å²) >= 11 is 0. The summed E-state index contributed by atoms with van der Waals surface area (Å²) in [5, 5.41) is 111. The Hall–Kier alpha value is -0.720. The molecule has 0 unspecified atom stereocenters. The zero-order valence-electron chi connectivity index (χ0n) is 21.8. The zero-order valence-corrected chi connectivity index (χ0v) is 21.8. The summed E-state index contributed by atoms with van der Waals surface area (Å²) in [5.74, 6) is 0. The molecule has 240 valence electrons. The Morgan fingerprint density at radius 2 is 1.12 bits per heavy atom. The molecule has 4 heterocycles. The monoisotopic (exact) mass is 604 g/mol. The van der Waals surface area contributed by atoms with Crippen LogP contribution < -0.4 is 0 Å². The van der Waals surface area contributed by atoms with Crippen molar-refractivity contribution >= 4 is 0 Å². The van der Waals surface area contributed by atoms with Crippen LogP contribution in [0.2, 0.25) is 0 Å². The number of hydrogen-bond acceptors (Lipinski definition) is 18. The van der Waals surface area contributed by atoms with Gasteiger partial charge in [0.05, 0.1) is 38.6 Å². The summed E-state index contributed by atoms with van der Waals surface area (Å²) in [7, 11) is 0. The van der Waals surface area contributed by atoms with Gasteiger partial charge in [-0.15, -0.1) is 0 Å². The van der Waals surface area contributed by atoms with Gasteiger partial charge in [0.25, 0.3) is 0 Å². The predicted octanol–water partition coefficient (Wildman–Crippen LogP) is -7.05. The summed E-state index contributed by atoms with van der Waals surface area (Å²) < 4.78 is 37.9. The van der Waals surface area contributed by atoms with Crippen LogP contribution in [-0.4, -0.2) is 187 Å². The van der Waals surface area contributed by atoms with Gasteiger partial charge in [0, 0.05) is 12.8 Å². The van der Waals surface area contributed by atoms with Crippen LogP contribution in [0, 0.1) is 0 Å². The van der Waals surface area contributed by atoms with Crippen LogP contribution >= 0.6 is 0 Å². The fraction of sp³-hybridized carbons (Fsp3) is 1.00. The number of ether oxygens (including phenoxy) is 7. The van der Waals surface area contributed by atoms with Gasteiger partial charge in [-0.3, -0.25) is 0 Å². The fourth-order valence-electron chi connectivity index (χ4n) is 5.01. The third kappa shape index (κ3) is 7.69. The second kappa shape index (κ2) is 14.4. The average Bonchev–Trinajstić information content (AvgIpc) is 2.94. The highest BCUT2D eigenvalue weighted by atomic mass is 16.7. The number of aliphatic hydroxyl groups excluding tert-OH is 11. The molecule has 4 rings (SSSR count). The lowest BCUT2D eigenvalue weighted by Gasteiger charge is -2.45. The van der Waals surface area contributed by atoms with Crippen LogP contribution in [-0.2, 0) is 33.2 Å². The van der Waals surface area contributed by atoms with Crippen molar-refractivity contribution in [2.24, 2.45) is 0 Å². The summed E-state index contributed by atoms with van der Waals surface area (Å²) in [4.78, 5) is 0. The molecule has 18 heteroatoms. The van der Waals surface area contributed by atoms with E-state index in [4.69, 9.17) is 33.2 Å². The predicted molar refractivity (Wildman–Crippen MR) is 125 cm³/mol. The quantitative estimate of drug-likeness (QED) is 0.116. The molecule has 4 saturated heterocycles. The minimum Gasteiger partial charge on any atom is -0.394 e. The van der Waals surface area contributed by atoms with Gasteiger partial charge < -0.3 is 89.3 Å². The molecule has 11 N–H and O–H groups in total. The molecule has 0 aliphatic carbocycles. The van der Waals surface area contributed by atoms with E-state index >= 15 is 0 Å². The first-order valence-electron chi connectivity index (χ1n) is 13.3. The van der Waals surface area contributed by atoms with Gasteiger partial charge in [-0.2, -0.15) is 0 Å². The van der Waals surface area contributed by atoms with Gasteiger partial charge in [0.2, 0.25) is 0 Å². The van der Waals surface area contributed by atoms with E-state index in [1.165, 1.54) is 0 Å². The Balaban J connectivity index is 1.34. The molecule has 0 aromatic carbocycles. The second-order valence-corrected chi connectivity index (χ2v) is 10.6. The van der Waals surface area contributed by atoms with E-state index in [-0.39, 0.29) is 19.4 Å². The Kier molecular flexibility index (Phi) is 11.6. The van der Waals surface area contributed by atoms with Gasteiger partial charge in [-0.05, 0) is 0 Å². The Labute approximate surface area is 233 Å². The van der Waals surface area contributed by atoms with Gasteiger partial charge in [-0.1, -0.05) is 0 Å². The van der Waals surface area contributed by atoms with E-state index in [1.807, 2.05) is 0 Å². The maximum Gasteiger partial charge on any atom is 0.187 e. The number of aliphatic hydroxyl groups is 11. The van der Waals surface area contributed by atoms with E-state index in [9.17, 15) is 56.2 Å². The molecule has 0 saturated carbocycles. The van der Waals surface area contributed by atoms with Crippen molar-refractivity contribution in [3.63, 3.8) is 0 Å². The van der Waals surface area contributed by atoms with Crippen LogP contribution in [0.1, 0.15) is 12.8 Å². The standard InChI is InChI=1S/C23H40O18/c24-3-11-10(2-8(26)20(34)38-11)39-23-19(33)17(31)15(29)13(41-23)6-37-22-18(32)16(30)14(28)12(40-22)5-36-21-9(27)1-7(25)4-35-21/h7-34H,1-6H2/t7-,8+,9+,10-,11+,12+,13+,14+,15+,16-,17-,18+,19+,20-,21+,22-,23-/m0/s1. The van der Waals surface area contributed by atoms with Crippen molar-refractivity contribution in [3.05, 3.63) is 0 Å². The van der Waals surface area contributed by atoms with Crippen molar-refractivity contribution in [2.75, 3.05) is 26.4 Å². The lowest BCUT2D eigenvalue weighted by atomic mass is 9.98. The van der Waals surface area contributed by atoms with Gasteiger partial charge in [0.1, 0.15) is 67.1 Å². The summed E-state index contributed by atoms with van der Waals surface area (Å²) in [6.45, 7) is -1.70. The highest BCUT2D eigenvalue weighted by Crippen LogP contribution is 2.30. The topological polar surface area (TPSA) is 287 Å². The SMILES string of the molecule is OC[C@H]1O[C@H](O)[C@H](O)C[C@@H]1O[C@H]1O[C@H](CO[C@H]2O[C@H](CO[C@H]3OC[C@@H](O)C[C@H]3O)[C@@H](O)[C@H](O)[C@H]2O)[C@@H](O)[C@H](O)[C@H]1O. The van der Waals surface area contributed by atoms with Crippen molar-refractivity contribution < 1.29 is 89.3 Å². The molecule has 0 aromatic rings. The molecule has 4 aliphatic heterocycles. The first kappa shape index (κ1) is 33.2. The Bertz CT molecular complexity index is 809. The Morgan fingerprint density at radius 1 is 0.561 bits per heavy atom. The summed E-state index contributed by atoms with van der Waals surface area (Å²) in [6, 6.07) is 0.